The number of para-hydroxylation sites is 1. The van der Waals surface area contributed by atoms with Gasteiger partial charge in [0.05, 0.1) is 11.0 Å². The summed E-state index contributed by atoms with van der Waals surface area (Å²) in [6, 6.07) is 10.1. The van der Waals surface area contributed by atoms with Crippen LogP contribution < -0.4 is 5.73 Å². The Bertz CT molecular complexity index is 794. The van der Waals surface area contributed by atoms with Crippen molar-refractivity contribution >= 4 is 11.0 Å². The summed E-state index contributed by atoms with van der Waals surface area (Å²) >= 11 is 0. The van der Waals surface area contributed by atoms with Crippen molar-refractivity contribution in [2.24, 2.45) is 5.73 Å². The van der Waals surface area contributed by atoms with Crippen LogP contribution in [0.3, 0.4) is 0 Å². The van der Waals surface area contributed by atoms with Crippen molar-refractivity contribution in [3.63, 3.8) is 0 Å². The number of aryl methyl sites for hydroxylation is 1. The monoisotopic (exact) mass is 276 g/mol. The molecular formula is C17H16N4. The number of hydrogen-bond acceptors (Lipinski definition) is 4. The minimum absolute atomic E-state index is 0.0958. The van der Waals surface area contributed by atoms with Gasteiger partial charge in [0.25, 0.3) is 0 Å². The molecule has 1 aliphatic carbocycles. The largest absolute Gasteiger partial charge is 0.323 e. The van der Waals surface area contributed by atoms with Crippen molar-refractivity contribution in [1.82, 2.24) is 15.0 Å². The number of nitrogens with two attached hydrogens (primary N) is 1. The van der Waals surface area contributed by atoms with Gasteiger partial charge in [-0.1, -0.05) is 18.2 Å². The number of rotatable bonds is 2. The van der Waals surface area contributed by atoms with Gasteiger partial charge < -0.3 is 5.73 Å². The molecule has 2 unspecified atom stereocenters. The molecule has 0 aliphatic heterocycles. The maximum atomic E-state index is 6.57. The molecule has 0 fully saturated rings. The number of benzene rings is 1. The first-order valence-electron chi connectivity index (χ1n) is 7.23. The Morgan fingerprint density at radius 2 is 1.90 bits per heavy atom. The summed E-state index contributed by atoms with van der Waals surface area (Å²) in [4.78, 5) is 13.4. The minimum atomic E-state index is -0.0958. The molecule has 2 aromatic heterocycles. The van der Waals surface area contributed by atoms with Crippen LogP contribution in [0.5, 0.6) is 0 Å². The zero-order valence-electron chi connectivity index (χ0n) is 11.6. The van der Waals surface area contributed by atoms with E-state index in [4.69, 9.17) is 5.73 Å². The van der Waals surface area contributed by atoms with Crippen molar-refractivity contribution < 1.29 is 0 Å². The highest BCUT2D eigenvalue weighted by atomic mass is 14.8. The number of hydrogen-bond donors (Lipinski definition) is 1. The van der Waals surface area contributed by atoms with Gasteiger partial charge in [-0.2, -0.15) is 0 Å². The average molecular weight is 276 g/mol. The standard InChI is InChI=1S/C17H16N4/c18-15(13-7-6-11-3-2-8-20-16(11)13)12-4-1-5-14-17(12)21-10-9-19-14/h1-5,8-10,13,15H,6-7,18H2. The second-order valence-electron chi connectivity index (χ2n) is 5.49. The summed E-state index contributed by atoms with van der Waals surface area (Å²) in [5, 5.41) is 0. The van der Waals surface area contributed by atoms with E-state index in [0.717, 1.165) is 35.1 Å². The van der Waals surface area contributed by atoms with Gasteiger partial charge in [-0.05, 0) is 36.1 Å². The van der Waals surface area contributed by atoms with Crippen LogP contribution in [-0.2, 0) is 6.42 Å². The number of pyridine rings is 1. The number of fused-ring (bicyclic) bond motifs is 2. The van der Waals surface area contributed by atoms with E-state index in [1.54, 1.807) is 12.4 Å². The summed E-state index contributed by atoms with van der Waals surface area (Å²) in [5.74, 6) is 0.258. The third-order valence-corrected chi connectivity index (χ3v) is 4.32. The SMILES string of the molecule is NC(c1cccc2nccnc12)C1CCc2cccnc21. The van der Waals surface area contributed by atoms with E-state index in [1.165, 1.54) is 5.56 Å². The van der Waals surface area contributed by atoms with E-state index in [-0.39, 0.29) is 12.0 Å². The minimum Gasteiger partial charge on any atom is -0.323 e. The molecule has 2 N–H and O–H groups in total. The van der Waals surface area contributed by atoms with E-state index in [0.29, 0.717) is 0 Å². The highest BCUT2D eigenvalue weighted by molar-refractivity contribution is 5.78. The van der Waals surface area contributed by atoms with Crippen molar-refractivity contribution in [3.05, 3.63) is 65.7 Å². The first-order chi connectivity index (χ1) is 10.3. The Morgan fingerprint density at radius 1 is 1.00 bits per heavy atom. The first-order valence-corrected chi connectivity index (χ1v) is 7.23. The van der Waals surface area contributed by atoms with Gasteiger partial charge in [0.2, 0.25) is 0 Å². The molecule has 4 rings (SSSR count). The molecule has 3 aromatic rings. The molecule has 0 radical (unpaired) electrons. The maximum Gasteiger partial charge on any atom is 0.0934 e. The molecule has 0 amide bonds. The average Bonchev–Trinajstić information content (AvgIpc) is 2.98. The van der Waals surface area contributed by atoms with Crippen molar-refractivity contribution in [1.29, 1.82) is 0 Å². The second kappa shape index (κ2) is 4.90. The Balaban J connectivity index is 1.80. The number of aromatic nitrogens is 3. The van der Waals surface area contributed by atoms with Crippen LogP contribution in [0.1, 0.15) is 35.2 Å². The number of nitrogens with zero attached hydrogens (tertiary/aromatic N) is 3. The van der Waals surface area contributed by atoms with Gasteiger partial charge in [0.15, 0.2) is 0 Å². The molecule has 0 saturated carbocycles. The molecule has 4 nitrogen and oxygen atoms in total. The lowest BCUT2D eigenvalue weighted by Gasteiger charge is -2.20. The van der Waals surface area contributed by atoms with Gasteiger partial charge in [0.1, 0.15) is 0 Å². The third-order valence-electron chi connectivity index (χ3n) is 4.32. The first kappa shape index (κ1) is 12.4. The van der Waals surface area contributed by atoms with Crippen LogP contribution in [0.4, 0.5) is 0 Å². The predicted octanol–water partition coefficient (Wildman–Crippen LogP) is 2.75. The predicted molar refractivity (Wildman–Crippen MR) is 81.8 cm³/mol. The summed E-state index contributed by atoms with van der Waals surface area (Å²) < 4.78 is 0. The lowest BCUT2D eigenvalue weighted by atomic mass is 9.90. The molecule has 0 bridgehead atoms. The van der Waals surface area contributed by atoms with E-state index in [1.807, 2.05) is 24.4 Å². The van der Waals surface area contributed by atoms with E-state index in [9.17, 15) is 0 Å². The van der Waals surface area contributed by atoms with Gasteiger partial charge in [-0.25, -0.2) is 0 Å². The Kier molecular flexibility index (Phi) is 2.89. The van der Waals surface area contributed by atoms with Gasteiger partial charge >= 0.3 is 0 Å². The summed E-state index contributed by atoms with van der Waals surface area (Å²) in [5.41, 5.74) is 11.9. The van der Waals surface area contributed by atoms with Crippen LogP contribution in [0, 0.1) is 0 Å². The highest BCUT2D eigenvalue weighted by Gasteiger charge is 2.30. The molecule has 2 atom stereocenters. The lowest BCUT2D eigenvalue weighted by molar-refractivity contribution is 0.543. The zero-order valence-corrected chi connectivity index (χ0v) is 11.6. The Hall–Kier alpha value is -2.33. The van der Waals surface area contributed by atoms with Crippen molar-refractivity contribution in [3.8, 4) is 0 Å². The molecule has 4 heteroatoms. The molecule has 1 aliphatic rings. The molecule has 1 aromatic carbocycles. The molecule has 2 heterocycles. The molecular weight excluding hydrogens is 260 g/mol. The van der Waals surface area contributed by atoms with Crippen molar-refractivity contribution in [2.45, 2.75) is 24.8 Å². The fourth-order valence-corrected chi connectivity index (χ4v) is 3.29. The summed E-state index contributed by atoms with van der Waals surface area (Å²) in [6.07, 6.45) is 7.39. The normalized spacial score (nSPS) is 18.6. The van der Waals surface area contributed by atoms with Crippen molar-refractivity contribution in [2.75, 3.05) is 0 Å². The van der Waals surface area contributed by atoms with E-state index in [2.05, 4.69) is 27.1 Å². The van der Waals surface area contributed by atoms with Crippen LogP contribution in [-0.4, -0.2) is 15.0 Å². The summed E-state index contributed by atoms with van der Waals surface area (Å²) in [7, 11) is 0. The topological polar surface area (TPSA) is 64.7 Å². The van der Waals surface area contributed by atoms with Crippen LogP contribution in [0.25, 0.3) is 11.0 Å². The highest BCUT2D eigenvalue weighted by Crippen LogP contribution is 2.40. The quantitative estimate of drug-likeness (QED) is 0.781. The van der Waals surface area contributed by atoms with E-state index >= 15 is 0 Å². The van der Waals surface area contributed by atoms with Gasteiger partial charge in [0, 0.05) is 36.2 Å². The second-order valence-corrected chi connectivity index (χ2v) is 5.49. The Labute approximate surface area is 123 Å². The molecule has 21 heavy (non-hydrogen) atoms. The van der Waals surface area contributed by atoms with Gasteiger partial charge in [-0.3, -0.25) is 15.0 Å². The fourth-order valence-electron chi connectivity index (χ4n) is 3.29. The smallest absolute Gasteiger partial charge is 0.0934 e. The lowest BCUT2D eigenvalue weighted by Crippen LogP contribution is -2.19. The van der Waals surface area contributed by atoms with Crippen LogP contribution in [0.2, 0.25) is 0 Å². The molecule has 104 valence electrons. The third kappa shape index (κ3) is 1.99. The summed E-state index contributed by atoms with van der Waals surface area (Å²) in [6.45, 7) is 0. The Morgan fingerprint density at radius 3 is 2.86 bits per heavy atom. The maximum absolute atomic E-state index is 6.57. The van der Waals surface area contributed by atoms with Crippen LogP contribution in [0.15, 0.2) is 48.9 Å². The molecule has 0 spiro atoms. The molecule has 0 saturated heterocycles. The van der Waals surface area contributed by atoms with E-state index < -0.39 is 0 Å². The zero-order chi connectivity index (χ0) is 14.2. The van der Waals surface area contributed by atoms with Crippen LogP contribution >= 0.6 is 0 Å². The fraction of sp³-hybridized carbons (Fsp3) is 0.235. The van der Waals surface area contributed by atoms with Gasteiger partial charge in [-0.15, -0.1) is 0 Å².